The van der Waals surface area contributed by atoms with Crippen molar-refractivity contribution in [3.05, 3.63) is 101 Å². The minimum atomic E-state index is -0.259. The molecule has 1 saturated heterocycles. The zero-order valence-corrected chi connectivity index (χ0v) is 19.3. The Bertz CT molecular complexity index is 1110. The van der Waals surface area contributed by atoms with Gasteiger partial charge in [-0.2, -0.15) is 0 Å². The zero-order valence-electron chi connectivity index (χ0n) is 19.3. The van der Waals surface area contributed by atoms with Crippen LogP contribution in [-0.2, 0) is 17.7 Å². The number of ether oxygens (including phenoxy) is 1. The Hall–Kier alpha value is -3.22. The van der Waals surface area contributed by atoms with Gasteiger partial charge in [0.25, 0.3) is 5.91 Å². The molecule has 1 atom stereocenters. The van der Waals surface area contributed by atoms with E-state index >= 15 is 0 Å². The number of hydrogen-bond donors (Lipinski definition) is 1. The maximum absolute atomic E-state index is 13.5. The number of anilines is 1. The summed E-state index contributed by atoms with van der Waals surface area (Å²) in [6, 6.07) is 23.0. The minimum Gasteiger partial charge on any atom is -0.379 e. The number of carbonyl (C=O) groups is 1. The fraction of sp³-hybridized carbons (Fsp3) is 0.321. The van der Waals surface area contributed by atoms with Crippen molar-refractivity contribution < 1.29 is 13.9 Å². The molecule has 1 amide bonds. The average molecular weight is 460 g/mol. The van der Waals surface area contributed by atoms with E-state index in [1.807, 2.05) is 24.3 Å². The molecule has 0 radical (unpaired) electrons. The van der Waals surface area contributed by atoms with Crippen molar-refractivity contribution in [1.29, 1.82) is 0 Å². The third-order valence-corrected chi connectivity index (χ3v) is 6.82. The van der Waals surface area contributed by atoms with Gasteiger partial charge in [0.2, 0.25) is 0 Å². The number of carbonyl (C=O) groups excluding carboxylic acids is 1. The second-order valence-corrected chi connectivity index (χ2v) is 8.91. The molecule has 1 fully saturated rings. The number of benzene rings is 3. The minimum absolute atomic E-state index is 0.0267. The Morgan fingerprint density at radius 3 is 2.35 bits per heavy atom. The molecule has 3 aromatic carbocycles. The lowest BCUT2D eigenvalue weighted by Crippen LogP contribution is -2.43. The number of rotatable bonds is 6. The van der Waals surface area contributed by atoms with Gasteiger partial charge < -0.3 is 15.0 Å². The zero-order chi connectivity index (χ0) is 23.3. The highest BCUT2D eigenvalue weighted by atomic mass is 19.1. The molecule has 3 aromatic rings. The van der Waals surface area contributed by atoms with Crippen LogP contribution in [0.4, 0.5) is 10.1 Å². The van der Waals surface area contributed by atoms with E-state index in [-0.39, 0.29) is 17.8 Å². The summed E-state index contributed by atoms with van der Waals surface area (Å²) in [5.41, 5.74) is 5.55. The SMILES string of the molecule is O=C(NCC(c1ccc(F)cc1)N1CCOCC1)c1ccc(N2CCc3ccccc3C2)cc1. The van der Waals surface area contributed by atoms with Crippen LogP contribution in [0, 0.1) is 5.82 Å². The number of hydrogen-bond acceptors (Lipinski definition) is 4. The third kappa shape index (κ3) is 5.13. The first-order chi connectivity index (χ1) is 16.7. The van der Waals surface area contributed by atoms with Crippen LogP contribution in [0.5, 0.6) is 0 Å². The number of morpholine rings is 1. The summed E-state index contributed by atoms with van der Waals surface area (Å²) in [5, 5.41) is 3.09. The molecule has 2 heterocycles. The van der Waals surface area contributed by atoms with E-state index < -0.39 is 0 Å². The summed E-state index contributed by atoms with van der Waals surface area (Å²) in [5.74, 6) is -0.360. The Morgan fingerprint density at radius 1 is 0.912 bits per heavy atom. The third-order valence-electron chi connectivity index (χ3n) is 6.82. The Morgan fingerprint density at radius 2 is 1.62 bits per heavy atom. The van der Waals surface area contributed by atoms with Crippen molar-refractivity contribution in [2.45, 2.75) is 19.0 Å². The van der Waals surface area contributed by atoms with E-state index in [0.717, 1.165) is 43.9 Å². The molecule has 34 heavy (non-hydrogen) atoms. The van der Waals surface area contributed by atoms with Crippen molar-refractivity contribution in [1.82, 2.24) is 10.2 Å². The molecule has 5 rings (SSSR count). The average Bonchev–Trinajstić information content (AvgIpc) is 2.90. The predicted molar refractivity (Wildman–Crippen MR) is 132 cm³/mol. The molecule has 0 bridgehead atoms. The number of nitrogens with one attached hydrogen (secondary N) is 1. The quantitative estimate of drug-likeness (QED) is 0.600. The summed E-state index contributed by atoms with van der Waals surface area (Å²) in [7, 11) is 0. The molecule has 0 spiro atoms. The summed E-state index contributed by atoms with van der Waals surface area (Å²) in [4.78, 5) is 17.6. The fourth-order valence-corrected chi connectivity index (χ4v) is 4.86. The van der Waals surface area contributed by atoms with Crippen LogP contribution in [0.2, 0.25) is 0 Å². The van der Waals surface area contributed by atoms with Gasteiger partial charge in [0.15, 0.2) is 0 Å². The predicted octanol–water partition coefficient (Wildman–Crippen LogP) is 4.19. The molecule has 2 aliphatic heterocycles. The maximum Gasteiger partial charge on any atom is 0.251 e. The van der Waals surface area contributed by atoms with E-state index in [0.29, 0.717) is 25.3 Å². The Labute approximate surface area is 200 Å². The monoisotopic (exact) mass is 459 g/mol. The number of fused-ring (bicyclic) bond motifs is 1. The van der Waals surface area contributed by atoms with Crippen LogP contribution >= 0.6 is 0 Å². The van der Waals surface area contributed by atoms with Crippen LogP contribution in [0.1, 0.15) is 33.1 Å². The van der Waals surface area contributed by atoms with E-state index in [1.54, 1.807) is 12.1 Å². The highest BCUT2D eigenvalue weighted by molar-refractivity contribution is 5.94. The van der Waals surface area contributed by atoms with Crippen molar-refractivity contribution in [3.8, 4) is 0 Å². The maximum atomic E-state index is 13.5. The molecule has 176 valence electrons. The molecular weight excluding hydrogens is 429 g/mol. The van der Waals surface area contributed by atoms with Crippen LogP contribution < -0.4 is 10.2 Å². The van der Waals surface area contributed by atoms with Gasteiger partial charge in [-0.15, -0.1) is 0 Å². The molecule has 5 nitrogen and oxygen atoms in total. The van der Waals surface area contributed by atoms with Gasteiger partial charge in [-0.3, -0.25) is 9.69 Å². The standard InChI is InChI=1S/C28H30FN3O2/c29-25-9-5-22(6-10-25)27(31-15-17-34-18-16-31)19-30-28(33)23-7-11-26(12-8-23)32-14-13-21-3-1-2-4-24(21)20-32/h1-12,27H,13-20H2,(H,30,33). The number of nitrogens with zero attached hydrogens (tertiary/aromatic N) is 2. The van der Waals surface area contributed by atoms with Crippen molar-refractivity contribution in [2.75, 3.05) is 44.3 Å². The van der Waals surface area contributed by atoms with Crippen molar-refractivity contribution in [2.24, 2.45) is 0 Å². The van der Waals surface area contributed by atoms with Crippen LogP contribution in [0.15, 0.2) is 72.8 Å². The number of halogens is 1. The van der Waals surface area contributed by atoms with Crippen molar-refractivity contribution in [3.63, 3.8) is 0 Å². The van der Waals surface area contributed by atoms with E-state index in [2.05, 4.69) is 39.4 Å². The number of amides is 1. The first kappa shape index (κ1) is 22.6. The highest BCUT2D eigenvalue weighted by Gasteiger charge is 2.24. The van der Waals surface area contributed by atoms with Gasteiger partial charge in [-0.25, -0.2) is 4.39 Å². The Balaban J connectivity index is 1.23. The molecule has 1 N–H and O–H groups in total. The van der Waals surface area contributed by atoms with Crippen LogP contribution in [0.3, 0.4) is 0 Å². The Kier molecular flexibility index (Phi) is 6.88. The van der Waals surface area contributed by atoms with Crippen molar-refractivity contribution >= 4 is 11.6 Å². The lowest BCUT2D eigenvalue weighted by Gasteiger charge is -2.35. The largest absolute Gasteiger partial charge is 0.379 e. The molecular formula is C28H30FN3O2. The van der Waals surface area contributed by atoms with Gasteiger partial charge in [0.1, 0.15) is 5.82 Å². The molecule has 0 aliphatic carbocycles. The molecule has 6 heteroatoms. The fourth-order valence-electron chi connectivity index (χ4n) is 4.86. The molecule has 0 saturated carbocycles. The summed E-state index contributed by atoms with van der Waals surface area (Å²) >= 11 is 0. The highest BCUT2D eigenvalue weighted by Crippen LogP contribution is 2.25. The van der Waals surface area contributed by atoms with Crippen LogP contribution in [-0.4, -0.2) is 50.2 Å². The summed E-state index contributed by atoms with van der Waals surface area (Å²) in [6.45, 7) is 5.20. The van der Waals surface area contributed by atoms with Gasteiger partial charge in [-0.1, -0.05) is 36.4 Å². The molecule has 0 aromatic heterocycles. The summed E-state index contributed by atoms with van der Waals surface area (Å²) < 4.78 is 18.9. The summed E-state index contributed by atoms with van der Waals surface area (Å²) in [6.07, 6.45) is 1.03. The second kappa shape index (κ2) is 10.4. The van der Waals surface area contributed by atoms with E-state index in [9.17, 15) is 9.18 Å². The lowest BCUT2D eigenvalue weighted by molar-refractivity contribution is 0.0162. The first-order valence-corrected chi connectivity index (χ1v) is 11.9. The van der Waals surface area contributed by atoms with Gasteiger partial charge in [0, 0.05) is 44.0 Å². The first-order valence-electron chi connectivity index (χ1n) is 11.9. The molecule has 1 unspecified atom stereocenters. The normalized spacial score (nSPS) is 17.1. The van der Waals surface area contributed by atoms with Gasteiger partial charge in [-0.05, 0) is 59.5 Å². The second-order valence-electron chi connectivity index (χ2n) is 8.91. The van der Waals surface area contributed by atoms with E-state index in [4.69, 9.17) is 4.74 Å². The van der Waals surface area contributed by atoms with Crippen LogP contribution in [0.25, 0.3) is 0 Å². The van der Waals surface area contributed by atoms with Gasteiger partial charge in [0.05, 0.1) is 19.3 Å². The lowest BCUT2D eigenvalue weighted by atomic mass is 9.99. The van der Waals surface area contributed by atoms with E-state index in [1.165, 1.54) is 23.3 Å². The smallest absolute Gasteiger partial charge is 0.251 e. The molecule has 2 aliphatic rings. The van der Waals surface area contributed by atoms with Gasteiger partial charge >= 0.3 is 0 Å². The topological polar surface area (TPSA) is 44.8 Å².